The van der Waals surface area contributed by atoms with Gasteiger partial charge in [0.25, 0.3) is 0 Å². The third-order valence-corrected chi connectivity index (χ3v) is 3.91. The SMILES string of the molecule is CC1CC(Nc2cccc(-n3ccnc3)c2)CN1C. The molecule has 1 N–H and O–H groups in total. The second kappa shape index (κ2) is 5.05. The Labute approximate surface area is 114 Å². The summed E-state index contributed by atoms with van der Waals surface area (Å²) in [6.07, 6.45) is 6.79. The Bertz CT molecular complexity index is 525. The molecule has 1 aromatic heterocycles. The molecule has 0 spiro atoms. The van der Waals surface area contributed by atoms with E-state index in [2.05, 4.69) is 53.4 Å². The van der Waals surface area contributed by atoms with Gasteiger partial charge in [-0.2, -0.15) is 0 Å². The topological polar surface area (TPSA) is 33.1 Å². The first-order chi connectivity index (χ1) is 9.22. The molecule has 1 saturated heterocycles. The van der Waals surface area contributed by atoms with Crippen molar-refractivity contribution in [2.75, 3.05) is 18.9 Å². The summed E-state index contributed by atoms with van der Waals surface area (Å²) in [5, 5.41) is 3.63. The van der Waals surface area contributed by atoms with Crippen LogP contribution in [0.5, 0.6) is 0 Å². The number of anilines is 1. The molecule has 0 radical (unpaired) electrons. The van der Waals surface area contributed by atoms with E-state index in [1.54, 1.807) is 6.20 Å². The number of aromatic nitrogens is 2. The van der Waals surface area contributed by atoms with Crippen molar-refractivity contribution in [1.29, 1.82) is 0 Å². The predicted molar refractivity (Wildman–Crippen MR) is 77.7 cm³/mol. The highest BCUT2D eigenvalue weighted by atomic mass is 15.2. The Morgan fingerprint density at radius 2 is 2.26 bits per heavy atom. The van der Waals surface area contributed by atoms with E-state index in [4.69, 9.17) is 0 Å². The van der Waals surface area contributed by atoms with Crippen LogP contribution in [0.3, 0.4) is 0 Å². The minimum absolute atomic E-state index is 0.540. The molecule has 1 fully saturated rings. The average molecular weight is 256 g/mol. The molecule has 2 atom stereocenters. The van der Waals surface area contributed by atoms with Crippen LogP contribution < -0.4 is 5.32 Å². The zero-order chi connectivity index (χ0) is 13.2. The highest BCUT2D eigenvalue weighted by Gasteiger charge is 2.25. The van der Waals surface area contributed by atoms with Crippen molar-refractivity contribution in [2.24, 2.45) is 0 Å². The molecule has 1 aliphatic heterocycles. The van der Waals surface area contributed by atoms with Crippen LogP contribution in [0.15, 0.2) is 43.0 Å². The number of likely N-dealkylation sites (tertiary alicyclic amines) is 1. The van der Waals surface area contributed by atoms with Gasteiger partial charge in [0.15, 0.2) is 0 Å². The van der Waals surface area contributed by atoms with Gasteiger partial charge in [0.1, 0.15) is 0 Å². The number of nitrogens with zero attached hydrogens (tertiary/aromatic N) is 3. The molecule has 0 saturated carbocycles. The molecule has 2 aromatic rings. The van der Waals surface area contributed by atoms with Crippen LogP contribution in [0.2, 0.25) is 0 Å². The molecule has 2 unspecified atom stereocenters. The lowest BCUT2D eigenvalue weighted by Gasteiger charge is -2.15. The van der Waals surface area contributed by atoms with E-state index >= 15 is 0 Å². The van der Waals surface area contributed by atoms with E-state index in [1.165, 1.54) is 12.1 Å². The summed E-state index contributed by atoms with van der Waals surface area (Å²) < 4.78 is 2.02. The smallest absolute Gasteiger partial charge is 0.0991 e. The molecule has 4 heteroatoms. The number of hydrogen-bond donors (Lipinski definition) is 1. The number of hydrogen-bond acceptors (Lipinski definition) is 3. The van der Waals surface area contributed by atoms with Crippen LogP contribution in [0.1, 0.15) is 13.3 Å². The van der Waals surface area contributed by atoms with Gasteiger partial charge < -0.3 is 14.8 Å². The first-order valence-electron chi connectivity index (χ1n) is 6.77. The maximum Gasteiger partial charge on any atom is 0.0991 e. The van der Waals surface area contributed by atoms with Crippen molar-refractivity contribution < 1.29 is 0 Å². The second-order valence-corrected chi connectivity index (χ2v) is 5.39. The third kappa shape index (κ3) is 2.63. The maximum atomic E-state index is 4.09. The number of likely N-dealkylation sites (N-methyl/N-ethyl adjacent to an activating group) is 1. The Morgan fingerprint density at radius 1 is 1.37 bits per heavy atom. The van der Waals surface area contributed by atoms with E-state index in [-0.39, 0.29) is 0 Å². The van der Waals surface area contributed by atoms with E-state index in [0.29, 0.717) is 12.1 Å². The summed E-state index contributed by atoms with van der Waals surface area (Å²) >= 11 is 0. The molecule has 4 nitrogen and oxygen atoms in total. The van der Waals surface area contributed by atoms with E-state index in [1.807, 2.05) is 17.1 Å². The molecule has 0 bridgehead atoms. The standard InChI is InChI=1S/C15H20N4/c1-12-8-14(10-18(12)2)17-13-4-3-5-15(9-13)19-7-6-16-11-19/h3-7,9,11-12,14,17H,8,10H2,1-2H3. The van der Waals surface area contributed by atoms with Gasteiger partial charge >= 0.3 is 0 Å². The Hall–Kier alpha value is -1.81. The monoisotopic (exact) mass is 256 g/mol. The van der Waals surface area contributed by atoms with Crippen LogP contribution >= 0.6 is 0 Å². The van der Waals surface area contributed by atoms with Crippen molar-refractivity contribution in [3.8, 4) is 5.69 Å². The van der Waals surface area contributed by atoms with E-state index in [9.17, 15) is 0 Å². The van der Waals surface area contributed by atoms with Crippen molar-refractivity contribution in [3.63, 3.8) is 0 Å². The van der Waals surface area contributed by atoms with Crippen molar-refractivity contribution in [1.82, 2.24) is 14.5 Å². The summed E-state index contributed by atoms with van der Waals surface area (Å²) in [6, 6.07) is 9.68. The van der Waals surface area contributed by atoms with Crippen LogP contribution in [-0.4, -0.2) is 40.1 Å². The summed E-state index contributed by atoms with van der Waals surface area (Å²) in [5.74, 6) is 0. The Kier molecular flexibility index (Phi) is 3.25. The number of imidazole rings is 1. The molecule has 1 aromatic carbocycles. The quantitative estimate of drug-likeness (QED) is 0.915. The molecule has 2 heterocycles. The van der Waals surface area contributed by atoms with E-state index < -0.39 is 0 Å². The van der Waals surface area contributed by atoms with Gasteiger partial charge in [-0.05, 0) is 38.6 Å². The lowest BCUT2D eigenvalue weighted by molar-refractivity contribution is 0.330. The van der Waals surface area contributed by atoms with Crippen LogP contribution in [0.4, 0.5) is 5.69 Å². The molecule has 0 amide bonds. The van der Waals surface area contributed by atoms with Gasteiger partial charge in [-0.1, -0.05) is 6.07 Å². The third-order valence-electron chi connectivity index (χ3n) is 3.91. The molecule has 1 aliphatic rings. The minimum Gasteiger partial charge on any atom is -0.381 e. The van der Waals surface area contributed by atoms with Crippen molar-refractivity contribution in [2.45, 2.75) is 25.4 Å². The van der Waals surface area contributed by atoms with Crippen LogP contribution in [-0.2, 0) is 0 Å². The largest absolute Gasteiger partial charge is 0.381 e. The molecular weight excluding hydrogens is 236 g/mol. The first kappa shape index (κ1) is 12.2. The number of nitrogens with one attached hydrogen (secondary N) is 1. The minimum atomic E-state index is 0.540. The molecule has 0 aliphatic carbocycles. The van der Waals surface area contributed by atoms with Crippen molar-refractivity contribution in [3.05, 3.63) is 43.0 Å². The predicted octanol–water partition coefficient (Wildman–Crippen LogP) is 2.38. The molecule has 3 rings (SSSR count). The van der Waals surface area contributed by atoms with Gasteiger partial charge in [-0.25, -0.2) is 4.98 Å². The lowest BCUT2D eigenvalue weighted by Crippen LogP contribution is -2.24. The summed E-state index contributed by atoms with van der Waals surface area (Å²) in [5.41, 5.74) is 2.32. The zero-order valence-electron chi connectivity index (χ0n) is 11.5. The number of rotatable bonds is 3. The summed E-state index contributed by atoms with van der Waals surface area (Å²) in [7, 11) is 2.19. The Morgan fingerprint density at radius 3 is 2.95 bits per heavy atom. The van der Waals surface area contributed by atoms with Crippen molar-refractivity contribution >= 4 is 5.69 Å². The highest BCUT2D eigenvalue weighted by molar-refractivity contribution is 5.51. The fraction of sp³-hybridized carbons (Fsp3) is 0.400. The van der Waals surface area contributed by atoms with Gasteiger partial charge in [0.05, 0.1) is 6.33 Å². The Balaban J connectivity index is 1.74. The van der Waals surface area contributed by atoms with Gasteiger partial charge in [0.2, 0.25) is 0 Å². The average Bonchev–Trinajstić information content (AvgIpc) is 3.01. The highest BCUT2D eigenvalue weighted by Crippen LogP contribution is 2.21. The molecular formula is C15H20N4. The van der Waals surface area contributed by atoms with Crippen LogP contribution in [0, 0.1) is 0 Å². The summed E-state index contributed by atoms with van der Waals surface area (Å²) in [4.78, 5) is 6.49. The summed E-state index contributed by atoms with van der Waals surface area (Å²) in [6.45, 7) is 3.39. The molecule has 100 valence electrons. The zero-order valence-corrected chi connectivity index (χ0v) is 11.5. The van der Waals surface area contributed by atoms with Crippen LogP contribution in [0.25, 0.3) is 5.69 Å². The lowest BCUT2D eigenvalue weighted by atomic mass is 10.2. The van der Waals surface area contributed by atoms with Gasteiger partial charge in [-0.3, -0.25) is 0 Å². The van der Waals surface area contributed by atoms with Gasteiger partial charge in [-0.15, -0.1) is 0 Å². The normalized spacial score (nSPS) is 23.7. The fourth-order valence-electron chi connectivity index (χ4n) is 2.70. The fourth-order valence-corrected chi connectivity index (χ4v) is 2.70. The molecule has 19 heavy (non-hydrogen) atoms. The van der Waals surface area contributed by atoms with Gasteiger partial charge in [0, 0.05) is 42.4 Å². The second-order valence-electron chi connectivity index (χ2n) is 5.39. The maximum absolute atomic E-state index is 4.09. The number of benzene rings is 1. The first-order valence-corrected chi connectivity index (χ1v) is 6.77. The van der Waals surface area contributed by atoms with E-state index in [0.717, 1.165) is 12.2 Å².